The Morgan fingerprint density at radius 2 is 1.48 bits per heavy atom. The molecule has 7 heteroatoms. The molecule has 0 aromatic heterocycles. The van der Waals surface area contributed by atoms with Crippen molar-refractivity contribution in [3.8, 4) is 5.75 Å². The Labute approximate surface area is 195 Å². The number of rotatable bonds is 7. The summed E-state index contributed by atoms with van der Waals surface area (Å²) < 4.78 is 5.65. The van der Waals surface area contributed by atoms with Crippen molar-refractivity contribution in [2.45, 2.75) is 64.9 Å². The highest BCUT2D eigenvalue weighted by molar-refractivity contribution is 5.97. The third-order valence-corrected chi connectivity index (χ3v) is 5.92. The van der Waals surface area contributed by atoms with Crippen LogP contribution in [0.1, 0.15) is 74.7 Å². The summed E-state index contributed by atoms with van der Waals surface area (Å²) >= 11 is 0. The van der Waals surface area contributed by atoms with Crippen molar-refractivity contribution in [2.75, 3.05) is 5.32 Å². The fraction of sp³-hybridized carbons (Fsp3) is 0.423. The van der Waals surface area contributed by atoms with Crippen molar-refractivity contribution in [3.05, 3.63) is 59.7 Å². The van der Waals surface area contributed by atoms with Gasteiger partial charge >= 0.3 is 0 Å². The molecule has 1 unspecified atom stereocenters. The minimum absolute atomic E-state index is 0.0343. The Balaban J connectivity index is 1.45. The molecular formula is C26H33N3O4. The quantitative estimate of drug-likeness (QED) is 0.538. The van der Waals surface area contributed by atoms with Gasteiger partial charge in [0.2, 0.25) is 5.91 Å². The molecule has 1 aliphatic rings. The number of carbonyl (C=O) groups excluding carboxylic acids is 3. The van der Waals surface area contributed by atoms with Gasteiger partial charge in [0, 0.05) is 17.2 Å². The van der Waals surface area contributed by atoms with Crippen LogP contribution in [0.4, 0.5) is 5.69 Å². The van der Waals surface area contributed by atoms with Gasteiger partial charge in [0.25, 0.3) is 11.8 Å². The van der Waals surface area contributed by atoms with Gasteiger partial charge in [-0.1, -0.05) is 45.2 Å². The zero-order valence-corrected chi connectivity index (χ0v) is 19.5. The summed E-state index contributed by atoms with van der Waals surface area (Å²) in [6.07, 6.45) is 4.45. The molecule has 0 radical (unpaired) electrons. The largest absolute Gasteiger partial charge is 0.481 e. The summed E-state index contributed by atoms with van der Waals surface area (Å²) in [4.78, 5) is 37.0. The zero-order chi connectivity index (χ0) is 23.8. The lowest BCUT2D eigenvalue weighted by Gasteiger charge is -2.20. The molecule has 0 heterocycles. The first-order valence-electron chi connectivity index (χ1n) is 11.6. The molecule has 2 aromatic rings. The van der Waals surface area contributed by atoms with Crippen LogP contribution >= 0.6 is 0 Å². The Bertz CT molecular complexity index is 949. The van der Waals surface area contributed by atoms with E-state index in [0.29, 0.717) is 22.9 Å². The van der Waals surface area contributed by atoms with E-state index in [1.165, 1.54) is 12.0 Å². The predicted molar refractivity (Wildman–Crippen MR) is 128 cm³/mol. The van der Waals surface area contributed by atoms with Gasteiger partial charge in [-0.15, -0.1) is 0 Å². The van der Waals surface area contributed by atoms with Crippen LogP contribution in [0.25, 0.3) is 0 Å². The zero-order valence-electron chi connectivity index (χ0n) is 19.5. The van der Waals surface area contributed by atoms with Crippen molar-refractivity contribution >= 4 is 23.4 Å². The third kappa shape index (κ3) is 7.07. The summed E-state index contributed by atoms with van der Waals surface area (Å²) in [6.45, 7) is 5.83. The van der Waals surface area contributed by atoms with Crippen LogP contribution in [0.15, 0.2) is 48.5 Å². The van der Waals surface area contributed by atoms with Crippen LogP contribution in [-0.4, -0.2) is 23.8 Å². The first-order valence-corrected chi connectivity index (χ1v) is 11.6. The lowest BCUT2D eigenvalue weighted by Crippen LogP contribution is -2.47. The molecule has 3 rings (SSSR count). The van der Waals surface area contributed by atoms with E-state index in [9.17, 15) is 14.4 Å². The minimum Gasteiger partial charge on any atom is -0.481 e. The van der Waals surface area contributed by atoms with E-state index in [1.54, 1.807) is 31.2 Å². The van der Waals surface area contributed by atoms with Gasteiger partial charge in [0.05, 0.1) is 0 Å². The van der Waals surface area contributed by atoms with E-state index in [0.717, 1.165) is 25.7 Å². The second kappa shape index (κ2) is 11.5. The summed E-state index contributed by atoms with van der Waals surface area (Å²) in [5.41, 5.74) is 6.98. The molecule has 2 aromatic carbocycles. The molecule has 7 nitrogen and oxygen atoms in total. The number of carbonyl (C=O) groups is 3. The molecule has 33 heavy (non-hydrogen) atoms. The maximum absolute atomic E-state index is 12.4. The van der Waals surface area contributed by atoms with Crippen molar-refractivity contribution in [1.29, 1.82) is 0 Å². The molecule has 176 valence electrons. The normalized spacial score (nSPS) is 14.9. The maximum atomic E-state index is 12.4. The number of benzene rings is 2. The predicted octanol–water partition coefficient (Wildman–Crippen LogP) is 4.56. The van der Waals surface area contributed by atoms with Crippen LogP contribution in [-0.2, 0) is 9.59 Å². The lowest BCUT2D eigenvalue weighted by molar-refractivity contribution is -0.128. The number of ether oxygens (including phenoxy) is 1. The summed E-state index contributed by atoms with van der Waals surface area (Å²) in [6, 6.07) is 14.2. The lowest BCUT2D eigenvalue weighted by atomic mass is 9.88. The number of amides is 3. The van der Waals surface area contributed by atoms with Crippen LogP contribution in [0.3, 0.4) is 0 Å². The number of anilines is 1. The Morgan fingerprint density at radius 1 is 0.848 bits per heavy atom. The third-order valence-electron chi connectivity index (χ3n) is 5.92. The fourth-order valence-electron chi connectivity index (χ4n) is 3.80. The van der Waals surface area contributed by atoms with Crippen molar-refractivity contribution < 1.29 is 19.1 Å². The molecule has 0 saturated heterocycles. The molecule has 3 amide bonds. The minimum atomic E-state index is -0.785. The molecule has 1 atom stereocenters. The summed E-state index contributed by atoms with van der Waals surface area (Å²) in [5.74, 6) is 0.174. The second-order valence-corrected chi connectivity index (χ2v) is 8.83. The number of nitrogens with one attached hydrogen (secondary N) is 3. The second-order valence-electron chi connectivity index (χ2n) is 8.83. The molecule has 1 aliphatic carbocycles. The van der Waals surface area contributed by atoms with Gasteiger partial charge in [-0.05, 0) is 67.6 Å². The van der Waals surface area contributed by atoms with E-state index in [4.69, 9.17) is 4.74 Å². The van der Waals surface area contributed by atoms with Gasteiger partial charge in [0.15, 0.2) is 6.10 Å². The molecule has 0 aliphatic heterocycles. The number of hydrogen-bond acceptors (Lipinski definition) is 4. The monoisotopic (exact) mass is 451 g/mol. The first kappa shape index (κ1) is 24.3. The number of hydrazine groups is 1. The van der Waals surface area contributed by atoms with Gasteiger partial charge in [0.1, 0.15) is 5.75 Å². The Morgan fingerprint density at radius 3 is 2.09 bits per heavy atom. The van der Waals surface area contributed by atoms with Crippen LogP contribution < -0.4 is 20.9 Å². The summed E-state index contributed by atoms with van der Waals surface area (Å²) in [5, 5.41) is 2.92. The molecule has 1 fully saturated rings. The molecule has 3 N–H and O–H groups in total. The molecular weight excluding hydrogens is 418 g/mol. The van der Waals surface area contributed by atoms with Crippen molar-refractivity contribution in [1.82, 2.24) is 10.9 Å². The highest BCUT2D eigenvalue weighted by Crippen LogP contribution is 2.25. The van der Waals surface area contributed by atoms with Gasteiger partial charge in [-0.3, -0.25) is 25.2 Å². The topological polar surface area (TPSA) is 96.5 Å². The smallest absolute Gasteiger partial charge is 0.279 e. The SMILES string of the molecule is CC(Oc1ccc(C(C)C)cc1)C(=O)NNC(=O)c1ccc(NC(=O)C2CCCCC2)cc1. The highest BCUT2D eigenvalue weighted by atomic mass is 16.5. The van der Waals surface area contributed by atoms with Crippen LogP contribution in [0.5, 0.6) is 5.75 Å². The van der Waals surface area contributed by atoms with Gasteiger partial charge < -0.3 is 10.1 Å². The molecule has 0 bridgehead atoms. The maximum Gasteiger partial charge on any atom is 0.279 e. The van der Waals surface area contributed by atoms with E-state index >= 15 is 0 Å². The van der Waals surface area contributed by atoms with E-state index < -0.39 is 17.9 Å². The highest BCUT2D eigenvalue weighted by Gasteiger charge is 2.21. The van der Waals surface area contributed by atoms with Crippen LogP contribution in [0.2, 0.25) is 0 Å². The van der Waals surface area contributed by atoms with Crippen molar-refractivity contribution in [3.63, 3.8) is 0 Å². The van der Waals surface area contributed by atoms with Gasteiger partial charge in [-0.25, -0.2) is 0 Å². The fourth-order valence-corrected chi connectivity index (χ4v) is 3.80. The molecule has 1 saturated carbocycles. The Kier molecular flexibility index (Phi) is 8.46. The van der Waals surface area contributed by atoms with E-state index in [2.05, 4.69) is 30.0 Å². The molecule has 0 spiro atoms. The van der Waals surface area contributed by atoms with Gasteiger partial charge in [-0.2, -0.15) is 0 Å². The number of hydrogen-bond donors (Lipinski definition) is 3. The average molecular weight is 452 g/mol. The van der Waals surface area contributed by atoms with Crippen LogP contribution in [0, 0.1) is 5.92 Å². The standard InChI is InChI=1S/C26H33N3O4/c1-17(2)19-11-15-23(16-12-19)33-18(3)24(30)28-29-26(32)21-9-13-22(14-10-21)27-25(31)20-7-5-4-6-8-20/h9-18,20H,4-8H2,1-3H3,(H,27,31)(H,28,30)(H,29,32). The Hall–Kier alpha value is -3.35. The average Bonchev–Trinajstić information content (AvgIpc) is 2.83. The van der Waals surface area contributed by atoms with E-state index in [1.807, 2.05) is 24.3 Å². The summed E-state index contributed by atoms with van der Waals surface area (Å²) in [7, 11) is 0. The van der Waals surface area contributed by atoms with Crippen molar-refractivity contribution in [2.24, 2.45) is 5.92 Å². The first-order chi connectivity index (χ1) is 15.8. The van der Waals surface area contributed by atoms with E-state index in [-0.39, 0.29) is 11.8 Å².